The average Bonchev–Trinajstić information content (AvgIpc) is 2.69. The first-order valence-corrected chi connectivity index (χ1v) is 5.83. The van der Waals surface area contributed by atoms with Crippen molar-refractivity contribution in [2.45, 2.75) is 11.4 Å². The van der Waals surface area contributed by atoms with Crippen LogP contribution >= 0.6 is 27.3 Å². The van der Waals surface area contributed by atoms with Crippen LogP contribution in [0.5, 0.6) is 0 Å². The molecule has 6 heteroatoms. The maximum absolute atomic E-state index is 11.0. The van der Waals surface area contributed by atoms with Gasteiger partial charge in [0.05, 0.1) is 12.6 Å². The molecule has 1 aromatic heterocycles. The van der Waals surface area contributed by atoms with E-state index in [0.717, 1.165) is 11.4 Å². The zero-order valence-electron chi connectivity index (χ0n) is 7.70. The summed E-state index contributed by atoms with van der Waals surface area (Å²) in [6, 6.07) is 0. The Morgan fingerprint density at radius 3 is 3.21 bits per heavy atom. The lowest BCUT2D eigenvalue weighted by Gasteiger charge is -2.07. The van der Waals surface area contributed by atoms with Gasteiger partial charge < -0.3 is 10.1 Å². The Bertz CT molecular complexity index is 279. The number of hydrogen-bond donors (Lipinski definition) is 1. The zero-order chi connectivity index (χ0) is 10.4. The molecule has 0 aliphatic heterocycles. The molecule has 4 nitrogen and oxygen atoms in total. The summed E-state index contributed by atoms with van der Waals surface area (Å²) in [5.41, 5.74) is 1.78. The molecule has 14 heavy (non-hydrogen) atoms. The normalized spacial score (nSPS) is 12.4. The van der Waals surface area contributed by atoms with Gasteiger partial charge in [-0.2, -0.15) is 0 Å². The van der Waals surface area contributed by atoms with Crippen LogP contribution in [0, 0.1) is 0 Å². The Morgan fingerprint density at radius 1 is 1.86 bits per heavy atom. The van der Waals surface area contributed by atoms with E-state index in [9.17, 15) is 4.79 Å². The van der Waals surface area contributed by atoms with E-state index in [1.54, 1.807) is 23.0 Å². The van der Waals surface area contributed by atoms with E-state index in [1.165, 1.54) is 7.11 Å². The van der Waals surface area contributed by atoms with Crippen LogP contribution in [-0.4, -0.2) is 29.4 Å². The van der Waals surface area contributed by atoms with Crippen LogP contribution in [0.3, 0.4) is 0 Å². The summed E-state index contributed by atoms with van der Waals surface area (Å²) in [4.78, 5) is 15.8. The quantitative estimate of drug-likeness (QED) is 0.649. The number of nitrogens with one attached hydrogen (secondary N) is 1. The minimum Gasteiger partial charge on any atom is -0.468 e. The highest BCUT2D eigenvalue weighted by molar-refractivity contribution is 9.10. The van der Waals surface area contributed by atoms with Gasteiger partial charge >= 0.3 is 5.97 Å². The van der Waals surface area contributed by atoms with Crippen LogP contribution in [-0.2, 0) is 16.1 Å². The molecule has 0 aromatic carbocycles. The van der Waals surface area contributed by atoms with Gasteiger partial charge in [0.25, 0.3) is 0 Å². The largest absolute Gasteiger partial charge is 0.468 e. The molecule has 0 saturated carbocycles. The topological polar surface area (TPSA) is 51.2 Å². The van der Waals surface area contributed by atoms with Crippen LogP contribution in [0.15, 0.2) is 11.7 Å². The molecular weight excluding hydrogens is 268 g/mol. The second-order valence-corrected chi connectivity index (χ2v) is 4.67. The number of carbonyl (C=O) groups excluding carboxylic acids is 1. The summed E-state index contributed by atoms with van der Waals surface area (Å²) in [6.07, 6.45) is 1.80. The molecule has 1 heterocycles. The van der Waals surface area contributed by atoms with Crippen LogP contribution in [0.2, 0.25) is 0 Å². The SMILES string of the molecule is COC(=O)C(Br)CNCc1cncs1. The number of carbonyl (C=O) groups is 1. The fourth-order valence-corrected chi connectivity index (χ4v) is 1.84. The highest BCUT2D eigenvalue weighted by Crippen LogP contribution is 2.05. The molecule has 0 radical (unpaired) electrons. The number of halogens is 1. The van der Waals surface area contributed by atoms with E-state index in [0.29, 0.717) is 6.54 Å². The maximum atomic E-state index is 11.0. The van der Waals surface area contributed by atoms with Gasteiger partial charge in [-0.1, -0.05) is 15.9 Å². The number of hydrogen-bond acceptors (Lipinski definition) is 5. The molecule has 0 aliphatic rings. The first-order valence-electron chi connectivity index (χ1n) is 4.04. The number of aromatic nitrogens is 1. The minimum absolute atomic E-state index is 0.262. The van der Waals surface area contributed by atoms with Crippen molar-refractivity contribution in [2.24, 2.45) is 0 Å². The Kier molecular flexibility index (Phi) is 5.06. The van der Waals surface area contributed by atoms with Crippen molar-refractivity contribution in [3.63, 3.8) is 0 Å². The number of thiazole rings is 1. The molecule has 78 valence electrons. The standard InChI is InChI=1S/C8H11BrN2O2S/c1-13-8(12)7(9)4-10-2-6-3-11-5-14-6/h3,5,7,10H,2,4H2,1H3. The monoisotopic (exact) mass is 278 g/mol. The third kappa shape index (κ3) is 3.73. The number of ether oxygens (including phenoxy) is 1. The lowest BCUT2D eigenvalue weighted by Crippen LogP contribution is -2.29. The van der Waals surface area contributed by atoms with Gasteiger partial charge in [0, 0.05) is 24.2 Å². The lowest BCUT2D eigenvalue weighted by atomic mass is 10.4. The maximum Gasteiger partial charge on any atom is 0.320 e. The number of rotatable bonds is 5. The molecule has 0 bridgehead atoms. The van der Waals surface area contributed by atoms with Crippen molar-refractivity contribution < 1.29 is 9.53 Å². The molecule has 1 aromatic rings. The predicted octanol–water partition coefficient (Wildman–Crippen LogP) is 1.17. The second-order valence-electron chi connectivity index (χ2n) is 2.59. The summed E-state index contributed by atoms with van der Waals surface area (Å²) < 4.78 is 4.56. The lowest BCUT2D eigenvalue weighted by molar-refractivity contribution is -0.139. The van der Waals surface area contributed by atoms with Gasteiger partial charge in [-0.25, -0.2) is 0 Å². The van der Waals surface area contributed by atoms with E-state index >= 15 is 0 Å². The van der Waals surface area contributed by atoms with Crippen molar-refractivity contribution in [1.29, 1.82) is 0 Å². The van der Waals surface area contributed by atoms with E-state index in [4.69, 9.17) is 0 Å². The molecule has 0 fully saturated rings. The third-order valence-corrected chi connectivity index (χ3v) is 3.04. The predicted molar refractivity (Wildman–Crippen MR) is 58.6 cm³/mol. The van der Waals surface area contributed by atoms with Gasteiger partial charge in [-0.05, 0) is 0 Å². The Hall–Kier alpha value is -0.460. The van der Waals surface area contributed by atoms with Crippen molar-refractivity contribution in [1.82, 2.24) is 10.3 Å². The molecule has 0 aliphatic carbocycles. The van der Waals surface area contributed by atoms with Gasteiger partial charge in [0.2, 0.25) is 0 Å². The number of alkyl halides is 1. The summed E-state index contributed by atoms with van der Waals surface area (Å²) in [7, 11) is 1.37. The first-order chi connectivity index (χ1) is 6.74. The van der Waals surface area contributed by atoms with Gasteiger partial charge in [-0.15, -0.1) is 11.3 Å². The fraction of sp³-hybridized carbons (Fsp3) is 0.500. The highest BCUT2D eigenvalue weighted by atomic mass is 79.9. The van der Waals surface area contributed by atoms with Crippen molar-refractivity contribution in [2.75, 3.05) is 13.7 Å². The Morgan fingerprint density at radius 2 is 2.64 bits per heavy atom. The number of nitrogens with zero attached hydrogens (tertiary/aromatic N) is 1. The first kappa shape index (κ1) is 11.6. The van der Waals surface area contributed by atoms with Crippen LogP contribution in [0.4, 0.5) is 0 Å². The third-order valence-electron chi connectivity index (χ3n) is 1.56. The highest BCUT2D eigenvalue weighted by Gasteiger charge is 2.13. The van der Waals surface area contributed by atoms with E-state index in [-0.39, 0.29) is 10.8 Å². The summed E-state index contributed by atoms with van der Waals surface area (Å²) in [5, 5.41) is 3.13. The molecule has 0 amide bonds. The molecule has 1 rings (SSSR count). The van der Waals surface area contributed by atoms with E-state index in [1.807, 2.05) is 0 Å². The van der Waals surface area contributed by atoms with Gasteiger partial charge in [0.1, 0.15) is 4.83 Å². The summed E-state index contributed by atoms with van der Waals surface area (Å²) in [6.45, 7) is 1.27. The van der Waals surface area contributed by atoms with E-state index in [2.05, 4.69) is 31.0 Å². The molecule has 0 spiro atoms. The fourth-order valence-electron chi connectivity index (χ4n) is 0.863. The molecule has 0 saturated heterocycles. The number of esters is 1. The smallest absolute Gasteiger partial charge is 0.320 e. The van der Waals surface area contributed by atoms with Gasteiger partial charge in [-0.3, -0.25) is 9.78 Å². The van der Waals surface area contributed by atoms with Crippen molar-refractivity contribution in [3.8, 4) is 0 Å². The summed E-state index contributed by atoms with van der Waals surface area (Å²) in [5.74, 6) is -0.262. The summed E-state index contributed by atoms with van der Waals surface area (Å²) >= 11 is 4.80. The van der Waals surface area contributed by atoms with E-state index < -0.39 is 0 Å². The van der Waals surface area contributed by atoms with Crippen LogP contribution < -0.4 is 5.32 Å². The van der Waals surface area contributed by atoms with Crippen LogP contribution in [0.25, 0.3) is 0 Å². The second kappa shape index (κ2) is 6.10. The molecule has 1 atom stereocenters. The molecule has 1 N–H and O–H groups in total. The average molecular weight is 279 g/mol. The molecular formula is C8H11BrN2O2S. The minimum atomic E-state index is -0.291. The Balaban J connectivity index is 2.18. The van der Waals surface area contributed by atoms with Crippen molar-refractivity contribution in [3.05, 3.63) is 16.6 Å². The van der Waals surface area contributed by atoms with Gasteiger partial charge in [0.15, 0.2) is 0 Å². The Labute approximate surface area is 94.8 Å². The molecule has 1 unspecified atom stereocenters. The van der Waals surface area contributed by atoms with Crippen molar-refractivity contribution >= 4 is 33.2 Å². The zero-order valence-corrected chi connectivity index (χ0v) is 10.1. The van der Waals surface area contributed by atoms with Crippen LogP contribution in [0.1, 0.15) is 4.88 Å². The number of methoxy groups -OCH3 is 1.